The van der Waals surface area contributed by atoms with Crippen LogP contribution in [0.5, 0.6) is 0 Å². The van der Waals surface area contributed by atoms with Gasteiger partial charge in [0, 0.05) is 25.2 Å². The molecule has 1 saturated heterocycles. The molecular formula is C14H24N2O3S2. The van der Waals surface area contributed by atoms with Crippen molar-refractivity contribution in [2.45, 2.75) is 49.7 Å². The van der Waals surface area contributed by atoms with Gasteiger partial charge in [-0.25, -0.2) is 13.1 Å². The number of ether oxygens (including phenoxy) is 1. The minimum Gasteiger partial charge on any atom is -0.373 e. The Morgan fingerprint density at radius 1 is 1.38 bits per heavy atom. The van der Waals surface area contributed by atoms with E-state index in [0.717, 1.165) is 13.1 Å². The van der Waals surface area contributed by atoms with E-state index in [1.807, 2.05) is 0 Å². The van der Waals surface area contributed by atoms with Crippen LogP contribution in [0.25, 0.3) is 0 Å². The maximum atomic E-state index is 12.2. The summed E-state index contributed by atoms with van der Waals surface area (Å²) >= 11 is 1.23. The van der Waals surface area contributed by atoms with Crippen LogP contribution in [0.2, 0.25) is 0 Å². The zero-order valence-electron chi connectivity index (χ0n) is 13.0. The summed E-state index contributed by atoms with van der Waals surface area (Å²) in [6.07, 6.45) is 0.337. The predicted molar refractivity (Wildman–Crippen MR) is 85.2 cm³/mol. The standard InChI is InChI=1S/C14H24N2O3S2/c1-11-8-16(9-12(2)19-11)14(3,4)10-15-21(17,18)13-6-5-7-20-13/h5-7,11-12,15H,8-10H2,1-4H3/t11-,12+. The summed E-state index contributed by atoms with van der Waals surface area (Å²) in [6.45, 7) is 10.2. The molecule has 0 saturated carbocycles. The number of hydrogen-bond acceptors (Lipinski definition) is 5. The van der Waals surface area contributed by atoms with Crippen LogP contribution in [0, 0.1) is 0 Å². The molecule has 0 aliphatic carbocycles. The third-order valence-electron chi connectivity index (χ3n) is 3.73. The molecule has 1 aliphatic heterocycles. The normalized spacial score (nSPS) is 25.1. The van der Waals surface area contributed by atoms with Crippen LogP contribution in [0.1, 0.15) is 27.7 Å². The largest absolute Gasteiger partial charge is 0.373 e. The Labute approximate surface area is 131 Å². The van der Waals surface area contributed by atoms with Crippen molar-refractivity contribution >= 4 is 21.4 Å². The Morgan fingerprint density at radius 3 is 2.52 bits per heavy atom. The first-order valence-corrected chi connectivity index (χ1v) is 9.51. The van der Waals surface area contributed by atoms with Crippen molar-refractivity contribution in [3.8, 4) is 0 Å². The van der Waals surface area contributed by atoms with Gasteiger partial charge in [0.15, 0.2) is 0 Å². The van der Waals surface area contributed by atoms with Gasteiger partial charge in [-0.15, -0.1) is 11.3 Å². The molecular weight excluding hydrogens is 308 g/mol. The van der Waals surface area contributed by atoms with Crippen molar-refractivity contribution in [3.05, 3.63) is 17.5 Å². The lowest BCUT2D eigenvalue weighted by molar-refractivity contribution is -0.0945. The second kappa shape index (κ2) is 6.34. The number of hydrogen-bond donors (Lipinski definition) is 1. The minimum absolute atomic E-state index is 0.168. The molecule has 2 rings (SSSR count). The lowest BCUT2D eigenvalue weighted by Gasteiger charge is -2.45. The topological polar surface area (TPSA) is 58.6 Å². The number of thiophene rings is 1. The first kappa shape index (κ1) is 16.9. The Kier molecular flexibility index (Phi) is 5.10. The molecule has 0 aromatic carbocycles. The molecule has 1 N–H and O–H groups in total. The number of rotatable bonds is 5. The number of morpholine rings is 1. The van der Waals surface area contributed by atoms with Gasteiger partial charge in [0.25, 0.3) is 0 Å². The number of nitrogens with zero attached hydrogens (tertiary/aromatic N) is 1. The first-order chi connectivity index (χ1) is 9.71. The SMILES string of the molecule is C[C@@H]1CN(C(C)(C)CNS(=O)(=O)c2cccs2)C[C@H](C)O1. The zero-order chi connectivity index (χ0) is 15.7. The van der Waals surface area contributed by atoms with Gasteiger partial charge in [-0.1, -0.05) is 6.07 Å². The highest BCUT2D eigenvalue weighted by Crippen LogP contribution is 2.22. The molecule has 2 atom stereocenters. The second-order valence-corrected chi connectivity index (χ2v) is 9.17. The molecule has 7 heteroatoms. The lowest BCUT2D eigenvalue weighted by Crippen LogP contribution is -2.58. The van der Waals surface area contributed by atoms with Crippen molar-refractivity contribution in [1.29, 1.82) is 0 Å². The van der Waals surface area contributed by atoms with Crippen LogP contribution in [0.4, 0.5) is 0 Å². The molecule has 0 radical (unpaired) electrons. The molecule has 2 heterocycles. The fourth-order valence-corrected chi connectivity index (χ4v) is 4.78. The average Bonchev–Trinajstić information content (AvgIpc) is 2.90. The van der Waals surface area contributed by atoms with E-state index in [1.54, 1.807) is 17.5 Å². The molecule has 0 unspecified atom stereocenters. The summed E-state index contributed by atoms with van der Waals surface area (Å²) in [5.41, 5.74) is -0.253. The van der Waals surface area contributed by atoms with Gasteiger partial charge < -0.3 is 4.74 Å². The maximum absolute atomic E-state index is 12.2. The fraction of sp³-hybridized carbons (Fsp3) is 0.714. The second-order valence-electron chi connectivity index (χ2n) is 6.23. The van der Waals surface area contributed by atoms with Crippen molar-refractivity contribution in [2.75, 3.05) is 19.6 Å². The first-order valence-electron chi connectivity index (χ1n) is 7.14. The molecule has 21 heavy (non-hydrogen) atoms. The van der Waals surface area contributed by atoms with E-state index in [4.69, 9.17) is 4.74 Å². The smallest absolute Gasteiger partial charge is 0.250 e. The molecule has 1 aliphatic rings. The monoisotopic (exact) mass is 332 g/mol. The molecule has 1 aromatic rings. The van der Waals surface area contributed by atoms with E-state index in [1.165, 1.54) is 11.3 Å². The molecule has 0 bridgehead atoms. The molecule has 1 fully saturated rings. The quantitative estimate of drug-likeness (QED) is 0.895. The van der Waals surface area contributed by atoms with Crippen molar-refractivity contribution < 1.29 is 13.2 Å². The van der Waals surface area contributed by atoms with E-state index in [0.29, 0.717) is 10.8 Å². The highest BCUT2D eigenvalue weighted by atomic mass is 32.2. The van der Waals surface area contributed by atoms with Crippen LogP contribution >= 0.6 is 11.3 Å². The van der Waals surface area contributed by atoms with Gasteiger partial charge >= 0.3 is 0 Å². The van der Waals surface area contributed by atoms with E-state index in [2.05, 4.69) is 37.3 Å². The Morgan fingerprint density at radius 2 is 2.00 bits per heavy atom. The number of sulfonamides is 1. The molecule has 1 aromatic heterocycles. The van der Waals surface area contributed by atoms with E-state index < -0.39 is 10.0 Å². The summed E-state index contributed by atoms with van der Waals surface area (Å²) in [4.78, 5) is 2.29. The van der Waals surface area contributed by atoms with E-state index in [9.17, 15) is 8.42 Å². The van der Waals surface area contributed by atoms with Crippen LogP contribution in [0.3, 0.4) is 0 Å². The third-order valence-corrected chi connectivity index (χ3v) is 6.53. The molecule has 120 valence electrons. The molecule has 0 spiro atoms. The van der Waals surface area contributed by atoms with Gasteiger partial charge in [-0.05, 0) is 39.1 Å². The average molecular weight is 332 g/mol. The Balaban J connectivity index is 2.01. The van der Waals surface area contributed by atoms with Gasteiger partial charge in [0.05, 0.1) is 12.2 Å². The van der Waals surface area contributed by atoms with Gasteiger partial charge in [0.1, 0.15) is 4.21 Å². The number of nitrogens with one attached hydrogen (secondary N) is 1. The summed E-state index contributed by atoms with van der Waals surface area (Å²) < 4.78 is 33.2. The van der Waals surface area contributed by atoms with Crippen LogP contribution in [-0.4, -0.2) is 50.7 Å². The molecule has 0 amide bonds. The third kappa shape index (κ3) is 4.26. The Hall–Kier alpha value is -0.470. The summed E-state index contributed by atoms with van der Waals surface area (Å²) in [5, 5.41) is 1.77. The van der Waals surface area contributed by atoms with Gasteiger partial charge in [-0.3, -0.25) is 4.90 Å². The minimum atomic E-state index is -3.41. The zero-order valence-corrected chi connectivity index (χ0v) is 14.6. The van der Waals surface area contributed by atoms with Crippen LogP contribution < -0.4 is 4.72 Å². The highest BCUT2D eigenvalue weighted by molar-refractivity contribution is 7.91. The summed E-state index contributed by atoms with van der Waals surface area (Å²) in [7, 11) is -3.41. The van der Waals surface area contributed by atoms with Crippen molar-refractivity contribution in [2.24, 2.45) is 0 Å². The van der Waals surface area contributed by atoms with E-state index in [-0.39, 0.29) is 17.7 Å². The predicted octanol–water partition coefficient (Wildman–Crippen LogP) is 1.91. The van der Waals surface area contributed by atoms with Crippen molar-refractivity contribution in [3.63, 3.8) is 0 Å². The molecule has 5 nitrogen and oxygen atoms in total. The lowest BCUT2D eigenvalue weighted by atomic mass is 10.0. The maximum Gasteiger partial charge on any atom is 0.250 e. The highest BCUT2D eigenvalue weighted by Gasteiger charge is 2.34. The summed E-state index contributed by atoms with van der Waals surface area (Å²) in [5.74, 6) is 0. The van der Waals surface area contributed by atoms with E-state index >= 15 is 0 Å². The van der Waals surface area contributed by atoms with Crippen LogP contribution in [-0.2, 0) is 14.8 Å². The van der Waals surface area contributed by atoms with Crippen molar-refractivity contribution in [1.82, 2.24) is 9.62 Å². The summed E-state index contributed by atoms with van der Waals surface area (Å²) in [6, 6.07) is 3.37. The van der Waals surface area contributed by atoms with Gasteiger partial charge in [0.2, 0.25) is 10.0 Å². The van der Waals surface area contributed by atoms with Crippen LogP contribution in [0.15, 0.2) is 21.7 Å². The Bertz CT molecular complexity index is 545. The van der Waals surface area contributed by atoms with Gasteiger partial charge in [-0.2, -0.15) is 0 Å². The fourth-order valence-electron chi connectivity index (χ4n) is 2.54.